The summed E-state index contributed by atoms with van der Waals surface area (Å²) >= 11 is 1.30. The molecule has 0 aromatic carbocycles. The van der Waals surface area contributed by atoms with Gasteiger partial charge in [-0.1, -0.05) is 0 Å². The van der Waals surface area contributed by atoms with Crippen molar-refractivity contribution in [2.45, 2.75) is 0 Å². The highest BCUT2D eigenvalue weighted by Gasteiger charge is 2.20. The zero-order valence-corrected chi connectivity index (χ0v) is 7.68. The normalized spacial score (nSPS) is 12.7. The molecule has 1 aliphatic heterocycles. The summed E-state index contributed by atoms with van der Waals surface area (Å²) in [5.41, 5.74) is 0. The smallest absolute Gasteiger partial charge is 0.265 e. The van der Waals surface area contributed by atoms with Crippen molar-refractivity contribution in [3.8, 4) is 11.5 Å². The molecule has 1 aromatic rings. The minimum atomic E-state index is -0.162. The number of hydrogen-bond donors (Lipinski definition) is 1. The van der Waals surface area contributed by atoms with Crippen molar-refractivity contribution in [1.82, 2.24) is 5.32 Å². The number of carbonyl (C=O) groups excluding carboxylic acids is 1. The SMILES string of the molecule is CNC(=O)c1scc2c1OC=CO2. The minimum absolute atomic E-state index is 0.162. The van der Waals surface area contributed by atoms with E-state index in [1.165, 1.54) is 23.9 Å². The fraction of sp³-hybridized carbons (Fsp3) is 0.125. The summed E-state index contributed by atoms with van der Waals surface area (Å²) in [5, 5.41) is 4.27. The van der Waals surface area contributed by atoms with Gasteiger partial charge in [-0.3, -0.25) is 4.79 Å². The fourth-order valence-electron chi connectivity index (χ4n) is 0.991. The lowest BCUT2D eigenvalue weighted by atomic mass is 10.4. The summed E-state index contributed by atoms with van der Waals surface area (Å²) in [7, 11) is 1.58. The predicted molar refractivity (Wildman–Crippen MR) is 48.1 cm³/mol. The summed E-state index contributed by atoms with van der Waals surface area (Å²) in [6, 6.07) is 0. The lowest BCUT2D eigenvalue weighted by Gasteiger charge is -2.08. The van der Waals surface area contributed by atoms with Gasteiger partial charge in [0, 0.05) is 12.4 Å². The van der Waals surface area contributed by atoms with Crippen molar-refractivity contribution in [2.75, 3.05) is 7.05 Å². The molecule has 1 N–H and O–H groups in total. The van der Waals surface area contributed by atoms with E-state index in [1.807, 2.05) is 0 Å². The van der Waals surface area contributed by atoms with Gasteiger partial charge in [-0.25, -0.2) is 0 Å². The fourth-order valence-corrected chi connectivity index (χ4v) is 1.84. The molecule has 0 aliphatic carbocycles. The van der Waals surface area contributed by atoms with Crippen molar-refractivity contribution in [2.24, 2.45) is 0 Å². The molecule has 4 nitrogen and oxygen atoms in total. The molecule has 0 atom stereocenters. The molecule has 1 aromatic heterocycles. The molecule has 0 unspecified atom stereocenters. The maximum atomic E-state index is 11.3. The Morgan fingerprint density at radius 2 is 2.23 bits per heavy atom. The molecule has 0 saturated heterocycles. The van der Waals surface area contributed by atoms with Crippen LogP contribution in [-0.2, 0) is 0 Å². The third kappa shape index (κ3) is 1.27. The van der Waals surface area contributed by atoms with Gasteiger partial charge in [0.15, 0.2) is 11.5 Å². The summed E-state index contributed by atoms with van der Waals surface area (Å²) in [6.45, 7) is 0. The van der Waals surface area contributed by atoms with Crippen LogP contribution in [0.3, 0.4) is 0 Å². The van der Waals surface area contributed by atoms with Gasteiger partial charge in [0.05, 0.1) is 0 Å². The van der Waals surface area contributed by atoms with Gasteiger partial charge in [-0.2, -0.15) is 0 Å². The van der Waals surface area contributed by atoms with Crippen molar-refractivity contribution >= 4 is 17.2 Å². The van der Waals surface area contributed by atoms with Crippen LogP contribution in [0.25, 0.3) is 0 Å². The molecular formula is C8H7NO3S. The number of thiophene rings is 1. The second-order valence-corrected chi connectivity index (χ2v) is 3.22. The van der Waals surface area contributed by atoms with Crippen LogP contribution in [0, 0.1) is 0 Å². The first kappa shape index (κ1) is 8.12. The number of carbonyl (C=O) groups is 1. The highest BCUT2D eigenvalue weighted by Crippen LogP contribution is 2.39. The zero-order chi connectivity index (χ0) is 9.26. The number of fused-ring (bicyclic) bond motifs is 1. The van der Waals surface area contributed by atoms with E-state index in [4.69, 9.17) is 9.47 Å². The maximum Gasteiger partial charge on any atom is 0.265 e. The second kappa shape index (κ2) is 3.10. The largest absolute Gasteiger partial charge is 0.457 e. The first-order valence-corrected chi connectivity index (χ1v) is 4.53. The molecule has 13 heavy (non-hydrogen) atoms. The van der Waals surface area contributed by atoms with Crippen LogP contribution >= 0.6 is 11.3 Å². The van der Waals surface area contributed by atoms with Gasteiger partial charge >= 0.3 is 0 Å². The molecule has 0 fully saturated rings. The molecule has 0 saturated carbocycles. The molecular weight excluding hydrogens is 190 g/mol. The summed E-state index contributed by atoms with van der Waals surface area (Å²) in [5.74, 6) is 0.920. The van der Waals surface area contributed by atoms with Crippen LogP contribution in [0.5, 0.6) is 11.5 Å². The molecule has 68 valence electrons. The minimum Gasteiger partial charge on any atom is -0.457 e. The standard InChI is InChI=1S/C8H7NO3S/c1-9-8(10)7-6-5(4-13-7)11-2-3-12-6/h2-4H,1H3,(H,9,10). The third-order valence-electron chi connectivity index (χ3n) is 1.58. The number of rotatable bonds is 1. The van der Waals surface area contributed by atoms with E-state index in [0.717, 1.165) is 0 Å². The van der Waals surface area contributed by atoms with Crippen molar-refractivity contribution in [1.29, 1.82) is 0 Å². The average Bonchev–Trinajstić information content (AvgIpc) is 2.60. The third-order valence-corrected chi connectivity index (χ3v) is 2.52. The van der Waals surface area contributed by atoms with E-state index in [-0.39, 0.29) is 5.91 Å². The molecule has 2 heterocycles. The van der Waals surface area contributed by atoms with Gasteiger partial charge in [-0.05, 0) is 0 Å². The van der Waals surface area contributed by atoms with E-state index in [2.05, 4.69) is 5.32 Å². The van der Waals surface area contributed by atoms with Gasteiger partial charge in [0.25, 0.3) is 5.91 Å². The zero-order valence-electron chi connectivity index (χ0n) is 6.87. The molecule has 2 rings (SSSR count). The Bertz CT molecular complexity index is 369. The van der Waals surface area contributed by atoms with E-state index >= 15 is 0 Å². The van der Waals surface area contributed by atoms with E-state index < -0.39 is 0 Å². The Kier molecular flexibility index (Phi) is 1.94. The van der Waals surface area contributed by atoms with Gasteiger partial charge < -0.3 is 14.8 Å². The van der Waals surface area contributed by atoms with Crippen molar-refractivity contribution in [3.05, 3.63) is 22.8 Å². The molecule has 1 aliphatic rings. The molecule has 0 bridgehead atoms. The van der Waals surface area contributed by atoms with E-state index in [9.17, 15) is 4.79 Å². The first-order chi connectivity index (χ1) is 6.33. The van der Waals surface area contributed by atoms with Gasteiger partial charge in [-0.15, -0.1) is 11.3 Å². The first-order valence-electron chi connectivity index (χ1n) is 3.65. The molecule has 0 spiro atoms. The molecule has 5 heteroatoms. The van der Waals surface area contributed by atoms with Crippen LogP contribution in [0.2, 0.25) is 0 Å². The van der Waals surface area contributed by atoms with E-state index in [0.29, 0.717) is 16.4 Å². The quantitative estimate of drug-likeness (QED) is 0.739. The predicted octanol–water partition coefficient (Wildman–Crippen LogP) is 1.35. The highest BCUT2D eigenvalue weighted by atomic mass is 32.1. The van der Waals surface area contributed by atoms with Crippen molar-refractivity contribution in [3.63, 3.8) is 0 Å². The Labute approximate surface area is 78.8 Å². The maximum absolute atomic E-state index is 11.3. The number of hydrogen-bond acceptors (Lipinski definition) is 4. The van der Waals surface area contributed by atoms with Gasteiger partial charge in [0.1, 0.15) is 17.4 Å². The summed E-state index contributed by atoms with van der Waals surface area (Å²) < 4.78 is 10.3. The average molecular weight is 197 g/mol. The Hall–Kier alpha value is -1.49. The van der Waals surface area contributed by atoms with Crippen LogP contribution < -0.4 is 14.8 Å². The lowest BCUT2D eigenvalue weighted by molar-refractivity contribution is 0.0964. The molecule has 0 radical (unpaired) electrons. The Balaban J connectivity index is 2.39. The van der Waals surface area contributed by atoms with Crippen LogP contribution in [0.1, 0.15) is 9.67 Å². The summed E-state index contributed by atoms with van der Waals surface area (Å²) in [6.07, 6.45) is 2.84. The highest BCUT2D eigenvalue weighted by molar-refractivity contribution is 7.12. The number of nitrogens with one attached hydrogen (secondary N) is 1. The van der Waals surface area contributed by atoms with Crippen LogP contribution in [-0.4, -0.2) is 13.0 Å². The van der Waals surface area contributed by atoms with Crippen molar-refractivity contribution < 1.29 is 14.3 Å². The lowest BCUT2D eigenvalue weighted by Crippen LogP contribution is -2.17. The number of amides is 1. The monoisotopic (exact) mass is 197 g/mol. The molecule has 1 amide bonds. The Morgan fingerprint density at radius 1 is 1.46 bits per heavy atom. The van der Waals surface area contributed by atoms with E-state index in [1.54, 1.807) is 12.4 Å². The van der Waals surface area contributed by atoms with Gasteiger partial charge in [0.2, 0.25) is 0 Å². The van der Waals surface area contributed by atoms with Crippen LogP contribution in [0.4, 0.5) is 0 Å². The second-order valence-electron chi connectivity index (χ2n) is 2.35. The number of ether oxygens (including phenoxy) is 2. The summed E-state index contributed by atoms with van der Waals surface area (Å²) in [4.78, 5) is 11.8. The topological polar surface area (TPSA) is 47.6 Å². The van der Waals surface area contributed by atoms with Crippen LogP contribution in [0.15, 0.2) is 17.9 Å². The Morgan fingerprint density at radius 3 is 3.00 bits per heavy atom.